The fourth-order valence-corrected chi connectivity index (χ4v) is 3.72. The second-order valence-corrected chi connectivity index (χ2v) is 8.00. The van der Waals surface area contributed by atoms with Crippen molar-refractivity contribution < 1.29 is 5.11 Å². The van der Waals surface area contributed by atoms with Gasteiger partial charge in [-0.1, -0.05) is 57.8 Å². The molecule has 0 radical (unpaired) electrons. The smallest absolute Gasteiger partial charge is 0.332 e. The molecule has 1 atom stereocenters. The van der Waals surface area contributed by atoms with Gasteiger partial charge in [-0.25, -0.2) is 9.78 Å². The lowest BCUT2D eigenvalue weighted by molar-refractivity contribution is 0.180. The molecule has 2 heterocycles. The van der Waals surface area contributed by atoms with E-state index in [9.17, 15) is 14.7 Å². The van der Waals surface area contributed by atoms with Crippen LogP contribution >= 0.6 is 0 Å². The van der Waals surface area contributed by atoms with E-state index in [1.54, 1.807) is 25.0 Å². The number of aliphatic hydroxyl groups excluding tert-OH is 1. The Balaban J connectivity index is 1.65. The van der Waals surface area contributed by atoms with Crippen LogP contribution in [-0.4, -0.2) is 29.9 Å². The molecule has 0 fully saturated rings. The lowest BCUT2D eigenvalue weighted by Crippen LogP contribution is -2.39. The predicted octanol–water partition coefficient (Wildman–Crippen LogP) is 3.11. The number of aromatic nitrogens is 4. The second-order valence-electron chi connectivity index (χ2n) is 8.00. The monoisotopic (exact) mass is 392 g/mol. The molecule has 0 spiro atoms. The Labute approximate surface area is 167 Å². The molecule has 0 amide bonds. The molecule has 0 aliphatic heterocycles. The van der Waals surface area contributed by atoms with Crippen LogP contribution < -0.4 is 11.2 Å². The zero-order valence-electron chi connectivity index (χ0n) is 17.7. The minimum atomic E-state index is -0.285. The third-order valence-corrected chi connectivity index (χ3v) is 5.45. The molecule has 1 N–H and O–H groups in total. The zero-order valence-corrected chi connectivity index (χ0v) is 17.7. The molecule has 0 aliphatic rings. The molecular weight excluding hydrogens is 356 g/mol. The van der Waals surface area contributed by atoms with Gasteiger partial charge in [-0.15, -0.1) is 0 Å². The molecule has 2 aromatic heterocycles. The third kappa shape index (κ3) is 6.06. The normalized spacial score (nSPS) is 12.7. The molecule has 2 rings (SSSR count). The number of aliphatic hydroxyl groups is 1. The number of unbranched alkanes of at least 4 members (excludes halogenated alkanes) is 9. The van der Waals surface area contributed by atoms with Crippen LogP contribution in [0.2, 0.25) is 0 Å². The van der Waals surface area contributed by atoms with Crippen molar-refractivity contribution in [3.63, 3.8) is 0 Å². The first-order chi connectivity index (χ1) is 13.4. The Bertz CT molecular complexity index is 848. The summed E-state index contributed by atoms with van der Waals surface area (Å²) in [6.45, 7) is 2.32. The average molecular weight is 393 g/mol. The Hall–Kier alpha value is -1.89. The molecule has 158 valence electrons. The Morgan fingerprint density at radius 3 is 2.04 bits per heavy atom. The standard InChI is InChI=1S/C21H36N4O3/c1-17(26)14-12-10-8-6-4-5-7-9-11-13-15-25-20(27)18-19(22-16-23(18)2)24(3)21(25)28/h16-17,26H,4-15H2,1-3H3. The van der Waals surface area contributed by atoms with Crippen LogP contribution in [0, 0.1) is 0 Å². The van der Waals surface area contributed by atoms with E-state index in [1.807, 2.05) is 6.92 Å². The number of nitrogens with zero attached hydrogens (tertiary/aromatic N) is 4. The van der Waals surface area contributed by atoms with E-state index in [0.717, 1.165) is 32.1 Å². The van der Waals surface area contributed by atoms with Gasteiger partial charge in [-0.2, -0.15) is 0 Å². The largest absolute Gasteiger partial charge is 0.393 e. The fraction of sp³-hybridized carbons (Fsp3) is 0.762. The van der Waals surface area contributed by atoms with Crippen molar-refractivity contribution >= 4 is 11.2 Å². The summed E-state index contributed by atoms with van der Waals surface area (Å²) in [6, 6.07) is 0. The lowest BCUT2D eigenvalue weighted by Gasteiger charge is -2.08. The molecule has 7 nitrogen and oxygen atoms in total. The first-order valence-corrected chi connectivity index (χ1v) is 10.7. The minimum Gasteiger partial charge on any atom is -0.393 e. The molecule has 0 bridgehead atoms. The number of imidazole rings is 1. The Kier molecular flexibility index (Phi) is 8.96. The van der Waals surface area contributed by atoms with Crippen molar-refractivity contribution in [2.45, 2.75) is 90.2 Å². The molecule has 7 heteroatoms. The topological polar surface area (TPSA) is 82.1 Å². The highest BCUT2D eigenvalue weighted by atomic mass is 16.3. The van der Waals surface area contributed by atoms with Gasteiger partial charge >= 0.3 is 5.69 Å². The van der Waals surface area contributed by atoms with Crippen molar-refractivity contribution in [3.8, 4) is 0 Å². The number of fused-ring (bicyclic) bond motifs is 1. The Morgan fingerprint density at radius 1 is 0.929 bits per heavy atom. The quantitative estimate of drug-likeness (QED) is 0.531. The van der Waals surface area contributed by atoms with Gasteiger partial charge in [-0.05, 0) is 19.8 Å². The van der Waals surface area contributed by atoms with Gasteiger partial charge in [0.05, 0.1) is 12.4 Å². The van der Waals surface area contributed by atoms with E-state index >= 15 is 0 Å². The average Bonchev–Trinajstić information content (AvgIpc) is 3.04. The maximum absolute atomic E-state index is 12.6. The Morgan fingerprint density at radius 2 is 1.46 bits per heavy atom. The molecular formula is C21H36N4O3. The van der Waals surface area contributed by atoms with Crippen LogP contribution in [0.5, 0.6) is 0 Å². The first kappa shape index (κ1) is 22.4. The van der Waals surface area contributed by atoms with Crippen LogP contribution in [0.3, 0.4) is 0 Å². The van der Waals surface area contributed by atoms with Crippen LogP contribution in [0.4, 0.5) is 0 Å². The van der Waals surface area contributed by atoms with Gasteiger partial charge in [0, 0.05) is 20.6 Å². The third-order valence-electron chi connectivity index (χ3n) is 5.45. The van der Waals surface area contributed by atoms with Gasteiger partial charge in [0.15, 0.2) is 11.2 Å². The molecule has 2 aromatic rings. The van der Waals surface area contributed by atoms with Crippen LogP contribution in [0.1, 0.15) is 77.6 Å². The summed E-state index contributed by atoms with van der Waals surface area (Å²) in [7, 11) is 3.44. The van der Waals surface area contributed by atoms with E-state index in [4.69, 9.17) is 0 Å². The van der Waals surface area contributed by atoms with Crippen LogP contribution in [0.15, 0.2) is 15.9 Å². The van der Waals surface area contributed by atoms with E-state index in [-0.39, 0.29) is 17.4 Å². The van der Waals surface area contributed by atoms with Crippen molar-refractivity contribution in [1.82, 2.24) is 18.7 Å². The summed E-state index contributed by atoms with van der Waals surface area (Å²) >= 11 is 0. The zero-order chi connectivity index (χ0) is 20.5. The van der Waals surface area contributed by atoms with Gasteiger partial charge in [0.25, 0.3) is 5.56 Å². The van der Waals surface area contributed by atoms with Gasteiger partial charge in [0.1, 0.15) is 0 Å². The lowest BCUT2D eigenvalue weighted by atomic mass is 10.0. The highest BCUT2D eigenvalue weighted by Gasteiger charge is 2.14. The maximum atomic E-state index is 12.6. The van der Waals surface area contributed by atoms with E-state index < -0.39 is 0 Å². The summed E-state index contributed by atoms with van der Waals surface area (Å²) in [4.78, 5) is 29.2. The van der Waals surface area contributed by atoms with Gasteiger partial charge in [-0.3, -0.25) is 13.9 Å². The summed E-state index contributed by atoms with van der Waals surface area (Å²) in [5.41, 5.74) is 0.399. The van der Waals surface area contributed by atoms with E-state index in [1.165, 1.54) is 47.7 Å². The molecule has 0 aliphatic carbocycles. The molecule has 0 saturated carbocycles. The van der Waals surface area contributed by atoms with E-state index in [0.29, 0.717) is 17.7 Å². The van der Waals surface area contributed by atoms with Crippen molar-refractivity contribution in [2.75, 3.05) is 0 Å². The first-order valence-electron chi connectivity index (χ1n) is 10.7. The molecule has 28 heavy (non-hydrogen) atoms. The minimum absolute atomic E-state index is 0.165. The number of rotatable bonds is 13. The fourth-order valence-electron chi connectivity index (χ4n) is 3.72. The van der Waals surface area contributed by atoms with Crippen LogP contribution in [0.25, 0.3) is 11.2 Å². The summed E-state index contributed by atoms with van der Waals surface area (Å²) in [5, 5.41) is 9.22. The second kappa shape index (κ2) is 11.2. The SMILES string of the molecule is CC(O)CCCCCCCCCCCCn1c(=O)c2c(ncn2C)n(C)c1=O. The number of aryl methyl sites for hydroxylation is 2. The van der Waals surface area contributed by atoms with E-state index in [2.05, 4.69) is 4.98 Å². The molecule has 0 aromatic carbocycles. The van der Waals surface area contributed by atoms with Gasteiger partial charge in [0.2, 0.25) is 0 Å². The summed E-state index contributed by atoms with van der Waals surface area (Å²) in [5.74, 6) is 0. The summed E-state index contributed by atoms with van der Waals surface area (Å²) < 4.78 is 4.48. The van der Waals surface area contributed by atoms with Crippen molar-refractivity contribution in [3.05, 3.63) is 27.2 Å². The van der Waals surface area contributed by atoms with Crippen molar-refractivity contribution in [2.24, 2.45) is 14.1 Å². The number of hydrogen-bond donors (Lipinski definition) is 1. The summed E-state index contributed by atoms with van der Waals surface area (Å²) in [6.07, 6.45) is 14.0. The highest BCUT2D eigenvalue weighted by Crippen LogP contribution is 2.12. The van der Waals surface area contributed by atoms with Gasteiger partial charge < -0.3 is 9.67 Å². The predicted molar refractivity (Wildman–Crippen MR) is 113 cm³/mol. The van der Waals surface area contributed by atoms with Crippen LogP contribution in [-0.2, 0) is 20.6 Å². The van der Waals surface area contributed by atoms with Crippen molar-refractivity contribution in [1.29, 1.82) is 0 Å². The number of hydrogen-bond acceptors (Lipinski definition) is 4. The highest BCUT2D eigenvalue weighted by molar-refractivity contribution is 5.69. The molecule has 1 unspecified atom stereocenters. The molecule has 0 saturated heterocycles. The maximum Gasteiger partial charge on any atom is 0.332 e.